The number of hydrogen-bond acceptors (Lipinski definition) is 10. The zero-order valence-corrected chi connectivity index (χ0v) is 24.0. The van der Waals surface area contributed by atoms with Crippen LogP contribution in [0.5, 0.6) is 0 Å². The summed E-state index contributed by atoms with van der Waals surface area (Å²) in [6.45, 7) is 6.41. The molecule has 2 N–H and O–H groups in total. The van der Waals surface area contributed by atoms with Crippen molar-refractivity contribution in [2.75, 3.05) is 41.4 Å². The summed E-state index contributed by atoms with van der Waals surface area (Å²) in [5.41, 5.74) is 6.14. The molecule has 0 bridgehead atoms. The number of nitrogens with zero attached hydrogens (tertiary/aromatic N) is 4. The molecule has 1 saturated heterocycles. The molecule has 41 heavy (non-hydrogen) atoms. The Hall–Kier alpha value is -4.33. The number of nitro benzene ring substituents is 1. The fraction of sp³-hybridized carbons (Fsp3) is 0.214. The van der Waals surface area contributed by atoms with Gasteiger partial charge in [0.15, 0.2) is 5.13 Å². The van der Waals surface area contributed by atoms with Crippen molar-refractivity contribution in [1.29, 1.82) is 0 Å². The average molecular weight is 593 g/mol. The summed E-state index contributed by atoms with van der Waals surface area (Å²) in [5.74, 6) is 0. The Morgan fingerprint density at radius 1 is 1.05 bits per heavy atom. The van der Waals surface area contributed by atoms with E-state index in [-0.39, 0.29) is 10.6 Å². The predicted octanol–water partition coefficient (Wildman–Crippen LogP) is 5.42. The largest absolute Gasteiger partial charge is 0.378 e. The van der Waals surface area contributed by atoms with E-state index in [2.05, 4.69) is 20.1 Å². The van der Waals surface area contributed by atoms with E-state index in [9.17, 15) is 18.5 Å². The smallest absolute Gasteiger partial charge is 0.295 e. The van der Waals surface area contributed by atoms with Gasteiger partial charge >= 0.3 is 0 Å². The number of morpholine rings is 1. The molecule has 0 aliphatic carbocycles. The molecule has 0 unspecified atom stereocenters. The van der Waals surface area contributed by atoms with E-state index in [1.54, 1.807) is 25.3 Å². The Balaban J connectivity index is 1.40. The van der Waals surface area contributed by atoms with E-state index in [0.29, 0.717) is 18.9 Å². The number of ether oxygens (including phenoxy) is 1. The molecule has 3 aromatic carbocycles. The number of benzene rings is 3. The Morgan fingerprint density at radius 3 is 2.49 bits per heavy atom. The lowest BCUT2D eigenvalue weighted by molar-refractivity contribution is -0.384. The summed E-state index contributed by atoms with van der Waals surface area (Å²) in [6.07, 6.45) is 1.57. The third kappa shape index (κ3) is 6.53. The first-order chi connectivity index (χ1) is 19.7. The summed E-state index contributed by atoms with van der Waals surface area (Å²) >= 11 is 1.46. The number of thiazole rings is 1. The van der Waals surface area contributed by atoms with Crippen LogP contribution in [-0.2, 0) is 14.8 Å². The zero-order chi connectivity index (χ0) is 29.0. The molecule has 1 aliphatic heterocycles. The van der Waals surface area contributed by atoms with Crippen LogP contribution >= 0.6 is 11.3 Å². The van der Waals surface area contributed by atoms with Gasteiger partial charge in [-0.05, 0) is 37.6 Å². The molecule has 13 heteroatoms. The van der Waals surface area contributed by atoms with E-state index >= 15 is 0 Å². The highest BCUT2D eigenvalue weighted by molar-refractivity contribution is 7.92. The number of anilines is 3. The van der Waals surface area contributed by atoms with Gasteiger partial charge in [-0.15, -0.1) is 0 Å². The number of hydrazone groups is 1. The molecular formula is C28H28N6O5S2. The van der Waals surface area contributed by atoms with Gasteiger partial charge in [-0.25, -0.2) is 13.4 Å². The first-order valence-corrected chi connectivity index (χ1v) is 15.1. The second kappa shape index (κ2) is 12.0. The van der Waals surface area contributed by atoms with Crippen LogP contribution in [-0.4, -0.2) is 50.8 Å². The minimum Gasteiger partial charge on any atom is -0.378 e. The highest BCUT2D eigenvalue weighted by Crippen LogP contribution is 2.33. The van der Waals surface area contributed by atoms with Crippen molar-refractivity contribution in [3.8, 4) is 11.3 Å². The van der Waals surface area contributed by atoms with Crippen LogP contribution in [0.2, 0.25) is 0 Å². The number of aromatic nitrogens is 1. The van der Waals surface area contributed by atoms with Crippen molar-refractivity contribution in [3.05, 3.63) is 92.8 Å². The molecule has 2 heterocycles. The number of nitrogens with one attached hydrogen (secondary N) is 2. The monoisotopic (exact) mass is 592 g/mol. The van der Waals surface area contributed by atoms with E-state index in [1.807, 2.05) is 43.3 Å². The normalized spacial score (nSPS) is 13.9. The van der Waals surface area contributed by atoms with E-state index < -0.39 is 20.6 Å². The molecule has 11 nitrogen and oxygen atoms in total. The van der Waals surface area contributed by atoms with E-state index in [1.165, 1.54) is 23.5 Å². The molecule has 1 fully saturated rings. The molecule has 0 radical (unpaired) electrons. The van der Waals surface area contributed by atoms with Crippen molar-refractivity contribution < 1.29 is 18.1 Å². The maximum atomic E-state index is 13.0. The summed E-state index contributed by atoms with van der Waals surface area (Å²) in [7, 11) is -4.07. The Kier molecular flexibility index (Phi) is 8.28. The topological polar surface area (TPSA) is 139 Å². The van der Waals surface area contributed by atoms with Crippen LogP contribution in [0.25, 0.3) is 11.3 Å². The van der Waals surface area contributed by atoms with Crippen molar-refractivity contribution in [1.82, 2.24) is 4.98 Å². The highest BCUT2D eigenvalue weighted by atomic mass is 32.2. The lowest BCUT2D eigenvalue weighted by Gasteiger charge is -2.26. The van der Waals surface area contributed by atoms with Crippen molar-refractivity contribution in [2.24, 2.45) is 5.10 Å². The Bertz CT molecular complexity index is 1700. The van der Waals surface area contributed by atoms with Gasteiger partial charge < -0.3 is 9.64 Å². The minimum absolute atomic E-state index is 0.0518. The van der Waals surface area contributed by atoms with Crippen LogP contribution in [0.4, 0.5) is 22.2 Å². The maximum absolute atomic E-state index is 13.0. The Morgan fingerprint density at radius 2 is 1.78 bits per heavy atom. The predicted molar refractivity (Wildman–Crippen MR) is 162 cm³/mol. The summed E-state index contributed by atoms with van der Waals surface area (Å²) in [5, 5.41) is 17.0. The van der Waals surface area contributed by atoms with Crippen molar-refractivity contribution >= 4 is 49.8 Å². The minimum atomic E-state index is -4.07. The van der Waals surface area contributed by atoms with E-state index in [0.717, 1.165) is 51.5 Å². The first kappa shape index (κ1) is 28.2. The summed E-state index contributed by atoms with van der Waals surface area (Å²) in [4.78, 5) is 18.8. The van der Waals surface area contributed by atoms with Crippen molar-refractivity contribution in [2.45, 2.75) is 18.7 Å². The molecule has 5 rings (SSSR count). The van der Waals surface area contributed by atoms with Crippen LogP contribution in [0.1, 0.15) is 16.0 Å². The molecule has 0 spiro atoms. The highest BCUT2D eigenvalue weighted by Gasteiger charge is 2.23. The third-order valence-electron chi connectivity index (χ3n) is 6.44. The second-order valence-electron chi connectivity index (χ2n) is 9.40. The molecular weight excluding hydrogens is 564 g/mol. The molecule has 0 saturated carbocycles. The first-order valence-electron chi connectivity index (χ1n) is 12.8. The zero-order valence-electron chi connectivity index (χ0n) is 22.4. The van der Waals surface area contributed by atoms with E-state index in [4.69, 9.17) is 9.72 Å². The van der Waals surface area contributed by atoms with Gasteiger partial charge in [0.2, 0.25) is 0 Å². The van der Waals surface area contributed by atoms with Gasteiger partial charge in [-0.1, -0.05) is 59.4 Å². The van der Waals surface area contributed by atoms with Crippen molar-refractivity contribution in [3.63, 3.8) is 0 Å². The maximum Gasteiger partial charge on any atom is 0.295 e. The van der Waals surface area contributed by atoms with Gasteiger partial charge in [0.1, 0.15) is 5.69 Å². The summed E-state index contributed by atoms with van der Waals surface area (Å²) < 4.78 is 34.0. The molecule has 1 aromatic heterocycles. The van der Waals surface area contributed by atoms with Gasteiger partial charge in [0.05, 0.1) is 45.5 Å². The number of hydrogen-bond donors (Lipinski definition) is 2. The average Bonchev–Trinajstić information content (AvgIpc) is 3.39. The fourth-order valence-electron chi connectivity index (χ4n) is 4.32. The molecule has 4 aromatic rings. The fourth-order valence-corrected chi connectivity index (χ4v) is 6.48. The van der Waals surface area contributed by atoms with Gasteiger partial charge in [-0.2, -0.15) is 5.10 Å². The van der Waals surface area contributed by atoms with Crippen LogP contribution in [0.3, 0.4) is 0 Å². The molecule has 0 amide bonds. The van der Waals surface area contributed by atoms with Gasteiger partial charge in [0, 0.05) is 24.7 Å². The van der Waals surface area contributed by atoms with Crippen LogP contribution in [0.15, 0.2) is 76.7 Å². The van der Waals surface area contributed by atoms with Gasteiger partial charge in [-0.3, -0.25) is 20.3 Å². The molecule has 0 atom stereocenters. The quantitative estimate of drug-likeness (QED) is 0.149. The molecule has 1 aliphatic rings. The van der Waals surface area contributed by atoms with Gasteiger partial charge in [0.25, 0.3) is 15.7 Å². The summed E-state index contributed by atoms with van der Waals surface area (Å²) in [6, 6.07) is 18.6. The van der Waals surface area contributed by atoms with Crippen LogP contribution < -0.4 is 15.0 Å². The number of rotatable bonds is 9. The third-order valence-corrected chi connectivity index (χ3v) is 8.85. The standard InChI is InChI=1S/C28H28N6O5S2/c1-19-8-10-23(20(2)16-19)32-41(37,38)22-9-11-24(25(17-22)34(35)36)31-29-18-26-27(21-6-4-3-5-7-21)30-28(40-26)33-12-14-39-15-13-33/h3-11,16-18,31-32H,12-15H2,1-2H3/b29-18-. The molecule has 212 valence electrons. The number of nitro groups is 1. The second-order valence-corrected chi connectivity index (χ2v) is 12.1. The Labute approximate surface area is 241 Å². The number of sulfonamides is 1. The van der Waals surface area contributed by atoms with Crippen LogP contribution in [0, 0.1) is 24.0 Å². The number of aryl methyl sites for hydroxylation is 2. The SMILES string of the molecule is Cc1ccc(NS(=O)(=O)c2ccc(N/N=C\c3sc(N4CCOCC4)nc3-c3ccccc3)c([N+](=O)[O-])c2)c(C)c1. The lowest BCUT2D eigenvalue weighted by Crippen LogP contribution is -2.36. The lowest BCUT2D eigenvalue weighted by atomic mass is 10.1.